The molecule has 60 valence electrons. The van der Waals surface area contributed by atoms with Crippen molar-refractivity contribution >= 4 is 14.2 Å². The van der Waals surface area contributed by atoms with Gasteiger partial charge < -0.3 is 5.32 Å². The molecule has 0 bridgehead atoms. The molecule has 0 aliphatic rings. The van der Waals surface area contributed by atoms with Gasteiger partial charge >= 0.3 is 8.25 Å². The minimum Gasteiger partial charge on any atom is -0.359 e. The molecule has 5 nitrogen and oxygen atoms in total. The number of hydrogen-bond acceptors (Lipinski definition) is 2. The standard InChI is InChI=1S/C4H9NO.HO3P/c1-3-4(6)5-2;1-4(2)3/h3H2,1-2H3,(H,5,6);(H-,1,2,3)/p+1. The first kappa shape index (κ1) is 12.2. The summed E-state index contributed by atoms with van der Waals surface area (Å²) < 4.78 is 8.70. The van der Waals surface area contributed by atoms with Crippen LogP contribution in [0.25, 0.3) is 0 Å². The summed E-state index contributed by atoms with van der Waals surface area (Å²) in [5.74, 6) is 0.0926. The first-order chi connectivity index (χ1) is 4.54. The average Bonchev–Trinajstić information content (AvgIpc) is 1.85. The van der Waals surface area contributed by atoms with E-state index in [0.717, 1.165) is 0 Å². The normalized spacial score (nSPS) is 7.20. The second kappa shape index (κ2) is 8.49. The Bertz CT molecular complexity index is 106. The number of carbonyl (C=O) groups is 1. The van der Waals surface area contributed by atoms with Crippen molar-refractivity contribution in [1.82, 2.24) is 5.32 Å². The van der Waals surface area contributed by atoms with E-state index < -0.39 is 8.25 Å². The van der Waals surface area contributed by atoms with Crippen LogP contribution in [0.4, 0.5) is 0 Å². The van der Waals surface area contributed by atoms with Crippen molar-refractivity contribution in [2.75, 3.05) is 7.05 Å². The van der Waals surface area contributed by atoms with Crippen LogP contribution in [0.5, 0.6) is 0 Å². The molecule has 0 atom stereocenters. The van der Waals surface area contributed by atoms with Crippen LogP contribution in [-0.2, 0) is 9.36 Å². The number of amides is 1. The van der Waals surface area contributed by atoms with E-state index in [1.54, 1.807) is 7.05 Å². The van der Waals surface area contributed by atoms with E-state index in [1.165, 1.54) is 0 Å². The minimum absolute atomic E-state index is 0.0926. The van der Waals surface area contributed by atoms with Gasteiger partial charge in [0.05, 0.1) is 0 Å². The maximum absolute atomic E-state index is 10.1. The monoisotopic (exact) mass is 168 g/mol. The first-order valence-electron chi connectivity index (χ1n) is 2.60. The summed E-state index contributed by atoms with van der Waals surface area (Å²) in [5.41, 5.74) is 0. The molecule has 0 rings (SSSR count). The highest BCUT2D eigenvalue weighted by atomic mass is 31.1. The van der Waals surface area contributed by atoms with Crippen molar-refractivity contribution in [3.63, 3.8) is 0 Å². The molecule has 0 heterocycles. The largest absolute Gasteiger partial charge is 0.692 e. The third kappa shape index (κ3) is 25.9. The highest BCUT2D eigenvalue weighted by molar-refractivity contribution is 7.30. The Morgan fingerprint density at radius 2 is 1.90 bits per heavy atom. The fraction of sp³-hybridized carbons (Fsp3) is 0.750. The molecule has 3 N–H and O–H groups in total. The van der Waals surface area contributed by atoms with Crippen molar-refractivity contribution in [3.05, 3.63) is 0 Å². The van der Waals surface area contributed by atoms with E-state index in [1.807, 2.05) is 6.92 Å². The Kier molecular flexibility index (Phi) is 10.4. The predicted molar refractivity (Wildman–Crippen MR) is 36.4 cm³/mol. The van der Waals surface area contributed by atoms with Crippen molar-refractivity contribution in [3.8, 4) is 0 Å². The minimum atomic E-state index is -2.87. The first-order valence-corrected chi connectivity index (χ1v) is 3.76. The van der Waals surface area contributed by atoms with Crippen molar-refractivity contribution in [2.24, 2.45) is 0 Å². The molecule has 0 aliphatic carbocycles. The van der Waals surface area contributed by atoms with E-state index in [2.05, 4.69) is 5.32 Å². The van der Waals surface area contributed by atoms with E-state index in [0.29, 0.717) is 6.42 Å². The molecular formula is C4H11NO4P+. The molecule has 10 heavy (non-hydrogen) atoms. The predicted octanol–water partition coefficient (Wildman–Crippen LogP) is -0.229. The molecule has 0 aromatic carbocycles. The zero-order valence-electron chi connectivity index (χ0n) is 5.87. The van der Waals surface area contributed by atoms with Gasteiger partial charge in [-0.15, -0.1) is 9.79 Å². The van der Waals surface area contributed by atoms with Gasteiger partial charge in [-0.25, -0.2) is 0 Å². The fourth-order valence-corrected chi connectivity index (χ4v) is 0.177. The molecule has 0 saturated heterocycles. The van der Waals surface area contributed by atoms with Gasteiger partial charge in [0.25, 0.3) is 0 Å². The Morgan fingerprint density at radius 3 is 1.90 bits per heavy atom. The second-order valence-corrected chi connectivity index (χ2v) is 1.78. The van der Waals surface area contributed by atoms with Crippen LogP contribution in [0, 0.1) is 0 Å². The topological polar surface area (TPSA) is 86.6 Å². The van der Waals surface area contributed by atoms with Crippen LogP contribution in [0.15, 0.2) is 0 Å². The zero-order valence-corrected chi connectivity index (χ0v) is 6.76. The van der Waals surface area contributed by atoms with Gasteiger partial charge in [0, 0.05) is 18.0 Å². The molecule has 0 aromatic heterocycles. The summed E-state index contributed by atoms with van der Waals surface area (Å²) in [7, 11) is -1.24. The van der Waals surface area contributed by atoms with E-state index >= 15 is 0 Å². The molecule has 0 saturated carbocycles. The Hall–Kier alpha value is -0.510. The van der Waals surface area contributed by atoms with E-state index in [4.69, 9.17) is 14.4 Å². The zero-order chi connectivity index (χ0) is 8.57. The van der Waals surface area contributed by atoms with Crippen LogP contribution >= 0.6 is 8.25 Å². The molecule has 1 amide bonds. The maximum Gasteiger partial charge on any atom is 0.692 e. The third-order valence-electron chi connectivity index (χ3n) is 0.600. The molecule has 6 heteroatoms. The summed E-state index contributed by atoms with van der Waals surface area (Å²) in [6.45, 7) is 1.82. The van der Waals surface area contributed by atoms with Crippen molar-refractivity contribution in [2.45, 2.75) is 13.3 Å². The number of nitrogens with one attached hydrogen (secondary N) is 1. The lowest BCUT2D eigenvalue weighted by Gasteiger charge is -1.87. The lowest BCUT2D eigenvalue weighted by Crippen LogP contribution is -2.15. The highest BCUT2D eigenvalue weighted by Crippen LogP contribution is 1.98. The quantitative estimate of drug-likeness (QED) is 0.472. The smallest absolute Gasteiger partial charge is 0.359 e. The summed E-state index contributed by atoms with van der Waals surface area (Å²) in [6.07, 6.45) is 0.580. The molecule has 0 aliphatic heterocycles. The average molecular weight is 168 g/mol. The van der Waals surface area contributed by atoms with E-state index in [9.17, 15) is 4.79 Å². The molecular weight excluding hydrogens is 157 g/mol. The van der Waals surface area contributed by atoms with Gasteiger partial charge in [-0.05, 0) is 0 Å². The molecule has 0 fully saturated rings. The van der Waals surface area contributed by atoms with Gasteiger partial charge in [0.2, 0.25) is 5.91 Å². The molecule has 0 radical (unpaired) electrons. The summed E-state index contributed by atoms with van der Waals surface area (Å²) >= 11 is 0. The summed E-state index contributed by atoms with van der Waals surface area (Å²) in [6, 6.07) is 0. The molecule has 0 aromatic rings. The number of rotatable bonds is 1. The van der Waals surface area contributed by atoms with Crippen molar-refractivity contribution < 1.29 is 19.1 Å². The van der Waals surface area contributed by atoms with Gasteiger partial charge in [-0.1, -0.05) is 6.92 Å². The van der Waals surface area contributed by atoms with Crippen LogP contribution in [0.1, 0.15) is 13.3 Å². The summed E-state index contributed by atoms with van der Waals surface area (Å²) in [4.78, 5) is 24.3. The Labute approximate surface area is 60.0 Å². The van der Waals surface area contributed by atoms with Gasteiger partial charge in [0.15, 0.2) is 0 Å². The molecule has 0 spiro atoms. The Balaban J connectivity index is 0. The number of carbonyl (C=O) groups excluding carboxylic acids is 1. The van der Waals surface area contributed by atoms with Gasteiger partial charge in [0.1, 0.15) is 0 Å². The molecule has 0 unspecified atom stereocenters. The second-order valence-electron chi connectivity index (χ2n) is 1.28. The number of hydrogen-bond donors (Lipinski definition) is 3. The van der Waals surface area contributed by atoms with Crippen LogP contribution < -0.4 is 5.32 Å². The lowest BCUT2D eigenvalue weighted by atomic mass is 10.5. The van der Waals surface area contributed by atoms with E-state index in [-0.39, 0.29) is 5.91 Å². The fourth-order valence-electron chi connectivity index (χ4n) is 0.177. The highest BCUT2D eigenvalue weighted by Gasteiger charge is 1.93. The Morgan fingerprint density at radius 1 is 1.60 bits per heavy atom. The third-order valence-corrected chi connectivity index (χ3v) is 0.600. The van der Waals surface area contributed by atoms with Crippen molar-refractivity contribution in [1.29, 1.82) is 0 Å². The summed E-state index contributed by atoms with van der Waals surface area (Å²) in [5, 5.41) is 2.48. The maximum atomic E-state index is 10.1. The lowest BCUT2D eigenvalue weighted by molar-refractivity contribution is -0.120. The van der Waals surface area contributed by atoms with Gasteiger partial charge in [-0.3, -0.25) is 4.79 Å². The van der Waals surface area contributed by atoms with Crippen LogP contribution in [0.2, 0.25) is 0 Å². The van der Waals surface area contributed by atoms with Gasteiger partial charge in [-0.2, -0.15) is 0 Å². The van der Waals surface area contributed by atoms with Crippen LogP contribution in [0.3, 0.4) is 0 Å². The van der Waals surface area contributed by atoms with Crippen LogP contribution in [-0.4, -0.2) is 22.7 Å². The SMILES string of the molecule is CCC(=O)NC.O=[P+](O)O.